The average molecular weight is 679 g/mol. The first-order valence-corrected chi connectivity index (χ1v) is 18.6. The summed E-state index contributed by atoms with van der Waals surface area (Å²) in [5, 5.41) is 0. The number of ether oxygens (including phenoxy) is 4. The van der Waals surface area contributed by atoms with Crippen LogP contribution in [0.25, 0.3) is 11.1 Å². The number of carbonyl (C=O) groups excluding carboxylic acids is 1. The normalized spacial score (nSPS) is 25.1. The molecule has 2 aliphatic heterocycles. The van der Waals surface area contributed by atoms with Crippen molar-refractivity contribution in [3.8, 4) is 16.9 Å². The maximum atomic E-state index is 15.2. The van der Waals surface area contributed by atoms with Gasteiger partial charge in [-0.2, -0.15) is 0 Å². The zero-order chi connectivity index (χ0) is 33.4. The van der Waals surface area contributed by atoms with Crippen LogP contribution in [0.5, 0.6) is 5.75 Å². The second-order valence-electron chi connectivity index (χ2n) is 13.1. The van der Waals surface area contributed by atoms with Crippen molar-refractivity contribution in [2.24, 2.45) is 5.92 Å². The van der Waals surface area contributed by atoms with Gasteiger partial charge >= 0.3 is 0 Å². The van der Waals surface area contributed by atoms with Crippen molar-refractivity contribution >= 4 is 15.7 Å². The first kappa shape index (κ1) is 35.5. The maximum absolute atomic E-state index is 15.2. The maximum Gasteiger partial charge on any atom is 0.264 e. The summed E-state index contributed by atoms with van der Waals surface area (Å²) >= 11 is 0. The van der Waals surface area contributed by atoms with Crippen molar-refractivity contribution in [2.75, 3.05) is 26.1 Å². The predicted octanol–water partition coefficient (Wildman–Crippen LogP) is 4.90. The lowest BCUT2D eigenvalue weighted by molar-refractivity contribution is -0.201. The first-order valence-electron chi connectivity index (χ1n) is 16.7. The number of aryl methyl sites for hydroxylation is 1. The van der Waals surface area contributed by atoms with Gasteiger partial charge in [0.2, 0.25) is 0 Å². The fraction of sp³-hybridized carbons (Fsp3) is 0.647. The Balaban J connectivity index is 1.13. The molecule has 3 heterocycles. The van der Waals surface area contributed by atoms with E-state index in [1.54, 1.807) is 18.2 Å². The molecule has 11 nitrogen and oxygen atoms in total. The molecule has 0 radical (unpaired) electrons. The number of sulfone groups is 1. The summed E-state index contributed by atoms with van der Waals surface area (Å²) in [6.07, 6.45) is 11.2. The topological polar surface area (TPSA) is 131 Å². The van der Waals surface area contributed by atoms with Gasteiger partial charge < -0.3 is 23.5 Å². The quantitative estimate of drug-likeness (QED) is 0.294. The minimum Gasteiger partial charge on any atom is -0.493 e. The number of benzene rings is 1. The minimum absolute atomic E-state index is 0.0618. The minimum atomic E-state index is -3.90. The number of hydroxylamine groups is 1. The summed E-state index contributed by atoms with van der Waals surface area (Å²) < 4.78 is 63.2. The highest BCUT2D eigenvalue weighted by Gasteiger charge is 2.44. The molecule has 260 valence electrons. The van der Waals surface area contributed by atoms with Crippen LogP contribution in [-0.4, -0.2) is 68.4 Å². The number of aromatic nitrogens is 1. The van der Waals surface area contributed by atoms with Crippen molar-refractivity contribution in [1.82, 2.24) is 10.0 Å². The lowest BCUT2D eigenvalue weighted by Gasteiger charge is -2.32. The molecule has 0 spiro atoms. The third-order valence-corrected chi connectivity index (χ3v) is 11.6. The molecule has 1 aromatic carbocycles. The smallest absolute Gasteiger partial charge is 0.264 e. The molecule has 3 fully saturated rings. The summed E-state index contributed by atoms with van der Waals surface area (Å²) in [5.41, 5.74) is 2.40. The van der Waals surface area contributed by atoms with Gasteiger partial charge in [-0.05, 0) is 101 Å². The van der Waals surface area contributed by atoms with Crippen molar-refractivity contribution < 1.29 is 41.4 Å². The SMILES string of the molecule is C[C@@](CCn1ccc(-c2ccc(OCC3CCC(OC4CCCCO4)CC3)cc2F)cc1=O)(C(=O)NOC1CCCCO1)S(C)(=O)=O. The van der Waals surface area contributed by atoms with Crippen molar-refractivity contribution in [2.45, 2.75) is 108 Å². The van der Waals surface area contributed by atoms with Gasteiger partial charge in [-0.15, -0.1) is 0 Å². The standard InChI is InChI=1S/C34H47FN2O9S/c1-34(47(2,40)41,33(39)36-46-32-8-4-6-20-43-32)16-18-37-17-15-25(21-30(37)38)28-14-13-27(22-29(28)35)44-23-24-9-11-26(12-10-24)45-31-7-3-5-19-42-31/h13-15,17,21-22,24,26,31-32H,3-12,16,18-20,23H2,1-2H3,(H,36,39)/t24?,26?,31?,32?,34-/m1/s1. The Morgan fingerprint density at radius 3 is 2.32 bits per heavy atom. The first-order chi connectivity index (χ1) is 22.5. The number of rotatable bonds is 13. The lowest BCUT2D eigenvalue weighted by atomic mass is 9.88. The lowest BCUT2D eigenvalue weighted by Crippen LogP contribution is -2.51. The van der Waals surface area contributed by atoms with Crippen LogP contribution in [0.15, 0.2) is 41.3 Å². The Hall–Kier alpha value is -2.84. The molecule has 0 bridgehead atoms. The highest BCUT2D eigenvalue weighted by Crippen LogP contribution is 2.31. The number of pyridine rings is 1. The summed E-state index contributed by atoms with van der Waals surface area (Å²) in [7, 11) is -3.90. The molecule has 2 saturated heterocycles. The number of halogens is 1. The van der Waals surface area contributed by atoms with Gasteiger partial charge in [0.1, 0.15) is 11.6 Å². The number of hydrogen-bond acceptors (Lipinski definition) is 9. The third-order valence-electron chi connectivity index (χ3n) is 9.56. The Morgan fingerprint density at radius 1 is 1.00 bits per heavy atom. The van der Waals surface area contributed by atoms with Gasteiger partial charge in [-0.25, -0.2) is 23.1 Å². The Bertz CT molecular complexity index is 1510. The summed E-state index contributed by atoms with van der Waals surface area (Å²) in [6, 6.07) is 7.47. The molecular formula is C34H47FN2O9S. The largest absolute Gasteiger partial charge is 0.493 e. The molecule has 1 aromatic heterocycles. The van der Waals surface area contributed by atoms with E-state index in [0.29, 0.717) is 36.9 Å². The molecule has 13 heteroatoms. The van der Waals surface area contributed by atoms with E-state index in [2.05, 4.69) is 5.48 Å². The fourth-order valence-corrected chi connectivity index (χ4v) is 7.03. The van der Waals surface area contributed by atoms with Crippen LogP contribution in [0.3, 0.4) is 0 Å². The van der Waals surface area contributed by atoms with Crippen molar-refractivity contribution in [3.05, 3.63) is 52.7 Å². The number of amides is 1. The van der Waals surface area contributed by atoms with E-state index < -0.39 is 38.2 Å². The van der Waals surface area contributed by atoms with Crippen LogP contribution in [0.2, 0.25) is 0 Å². The van der Waals surface area contributed by atoms with Crippen LogP contribution in [0.4, 0.5) is 4.39 Å². The van der Waals surface area contributed by atoms with Gasteiger partial charge in [0.05, 0.1) is 12.7 Å². The third kappa shape index (κ3) is 9.41. The highest BCUT2D eigenvalue weighted by atomic mass is 32.2. The molecule has 1 aliphatic carbocycles. The fourth-order valence-electron chi connectivity index (χ4n) is 6.19. The van der Waals surface area contributed by atoms with Gasteiger partial charge in [0.15, 0.2) is 27.2 Å². The molecule has 47 heavy (non-hydrogen) atoms. The molecule has 3 aliphatic rings. The van der Waals surface area contributed by atoms with Gasteiger partial charge in [0, 0.05) is 56.3 Å². The van der Waals surface area contributed by atoms with Crippen LogP contribution in [0.1, 0.15) is 77.6 Å². The number of nitrogens with zero attached hydrogens (tertiary/aromatic N) is 1. The monoisotopic (exact) mass is 678 g/mol. The van der Waals surface area contributed by atoms with E-state index in [9.17, 15) is 18.0 Å². The molecule has 3 atom stereocenters. The van der Waals surface area contributed by atoms with E-state index in [1.165, 1.54) is 29.8 Å². The van der Waals surface area contributed by atoms with Gasteiger partial charge in [-0.1, -0.05) is 0 Å². The summed E-state index contributed by atoms with van der Waals surface area (Å²) in [5.74, 6) is -0.570. The molecule has 2 aromatic rings. The van der Waals surface area contributed by atoms with Gasteiger partial charge in [-0.3, -0.25) is 9.59 Å². The summed E-state index contributed by atoms with van der Waals surface area (Å²) in [6.45, 7) is 3.00. The summed E-state index contributed by atoms with van der Waals surface area (Å²) in [4.78, 5) is 31.3. The Kier molecular flexibility index (Phi) is 12.1. The zero-order valence-corrected chi connectivity index (χ0v) is 28.1. The molecule has 1 N–H and O–H groups in total. The average Bonchev–Trinajstić information content (AvgIpc) is 3.06. The molecule has 5 rings (SSSR count). The second kappa shape index (κ2) is 16.0. The molecule has 1 amide bonds. The molecule has 2 unspecified atom stereocenters. The zero-order valence-electron chi connectivity index (χ0n) is 27.3. The molecular weight excluding hydrogens is 631 g/mol. The van der Waals surface area contributed by atoms with Crippen LogP contribution >= 0.6 is 0 Å². The van der Waals surface area contributed by atoms with Crippen molar-refractivity contribution in [3.63, 3.8) is 0 Å². The van der Waals surface area contributed by atoms with Crippen LogP contribution in [-0.2, 0) is 40.2 Å². The van der Waals surface area contributed by atoms with Crippen molar-refractivity contribution in [1.29, 1.82) is 0 Å². The number of carbonyl (C=O) groups is 1. The predicted molar refractivity (Wildman–Crippen MR) is 173 cm³/mol. The second-order valence-corrected chi connectivity index (χ2v) is 15.5. The Labute approximate surface area is 275 Å². The van der Waals surface area contributed by atoms with E-state index in [0.717, 1.165) is 70.7 Å². The van der Waals surface area contributed by atoms with E-state index in [-0.39, 0.29) is 30.9 Å². The molecule has 1 saturated carbocycles. The highest BCUT2D eigenvalue weighted by molar-refractivity contribution is 7.92. The van der Waals surface area contributed by atoms with E-state index >= 15 is 4.39 Å². The number of hydrogen-bond donors (Lipinski definition) is 1. The van der Waals surface area contributed by atoms with Gasteiger partial charge in [0.25, 0.3) is 11.5 Å². The van der Waals surface area contributed by atoms with E-state index in [1.807, 2.05) is 0 Å². The Morgan fingerprint density at radius 2 is 1.70 bits per heavy atom. The van der Waals surface area contributed by atoms with E-state index in [4.69, 9.17) is 23.8 Å². The van der Waals surface area contributed by atoms with Crippen LogP contribution in [0, 0.1) is 11.7 Å². The number of nitrogens with one attached hydrogen (secondary N) is 1. The van der Waals surface area contributed by atoms with Crippen LogP contribution < -0.4 is 15.8 Å².